The molecule has 0 atom stereocenters. The molecule has 4 aromatic rings. The van der Waals surface area contributed by atoms with Crippen molar-refractivity contribution < 1.29 is 9.53 Å². The second-order valence-electron chi connectivity index (χ2n) is 6.79. The van der Waals surface area contributed by atoms with Crippen molar-refractivity contribution in [2.24, 2.45) is 0 Å². The number of halogens is 1. The molecule has 1 heterocycles. The number of ketones is 1. The number of carbonyl (C=O) groups is 1. The third-order valence-electron chi connectivity index (χ3n) is 4.59. The van der Waals surface area contributed by atoms with Crippen molar-refractivity contribution in [1.82, 2.24) is 14.8 Å². The molecule has 7 heteroatoms. The van der Waals surface area contributed by atoms with Crippen molar-refractivity contribution in [1.29, 1.82) is 0 Å². The van der Waals surface area contributed by atoms with Crippen LogP contribution in [-0.2, 0) is 13.2 Å². The van der Waals surface area contributed by atoms with Crippen LogP contribution in [0.1, 0.15) is 21.7 Å². The monoisotopic (exact) mass is 449 g/mol. The molecule has 0 amide bonds. The van der Waals surface area contributed by atoms with Gasteiger partial charge in [-0.05, 0) is 29.8 Å². The van der Waals surface area contributed by atoms with Crippen LogP contribution < -0.4 is 4.74 Å². The molecule has 0 aliphatic heterocycles. The van der Waals surface area contributed by atoms with Crippen molar-refractivity contribution in [2.45, 2.75) is 18.3 Å². The molecule has 0 saturated heterocycles. The Bertz CT molecular complexity index is 1130. The summed E-state index contributed by atoms with van der Waals surface area (Å²) in [6.45, 7) is 0.851. The van der Waals surface area contributed by atoms with E-state index in [-0.39, 0.29) is 18.1 Å². The van der Waals surface area contributed by atoms with E-state index in [1.165, 1.54) is 11.8 Å². The van der Waals surface area contributed by atoms with E-state index in [0.29, 0.717) is 33.9 Å². The summed E-state index contributed by atoms with van der Waals surface area (Å²) >= 11 is 7.32. The minimum absolute atomic E-state index is 0.0545. The highest BCUT2D eigenvalue weighted by atomic mass is 35.5. The Labute approximate surface area is 190 Å². The Kier molecular flexibility index (Phi) is 7.02. The van der Waals surface area contributed by atoms with Gasteiger partial charge < -0.3 is 4.74 Å². The van der Waals surface area contributed by atoms with Gasteiger partial charge >= 0.3 is 0 Å². The van der Waals surface area contributed by atoms with Crippen LogP contribution in [0.4, 0.5) is 0 Å². The summed E-state index contributed by atoms with van der Waals surface area (Å²) in [6, 6.07) is 26.5. The van der Waals surface area contributed by atoms with Crippen LogP contribution in [-0.4, -0.2) is 26.3 Å². The molecular formula is C24H20ClN3O2S. The second kappa shape index (κ2) is 10.3. The average Bonchev–Trinajstić information content (AvgIpc) is 3.19. The largest absolute Gasteiger partial charge is 0.486 e. The summed E-state index contributed by atoms with van der Waals surface area (Å²) in [5, 5.41) is 9.99. The lowest BCUT2D eigenvalue weighted by Crippen LogP contribution is -2.10. The Morgan fingerprint density at radius 3 is 2.29 bits per heavy atom. The van der Waals surface area contributed by atoms with Crippen LogP contribution >= 0.6 is 23.4 Å². The summed E-state index contributed by atoms with van der Waals surface area (Å²) in [4.78, 5) is 12.5. The fourth-order valence-electron chi connectivity index (χ4n) is 2.97. The lowest BCUT2D eigenvalue weighted by molar-refractivity contribution is 0.102. The topological polar surface area (TPSA) is 57.0 Å². The highest BCUT2D eigenvalue weighted by Gasteiger charge is 2.16. The first-order chi connectivity index (χ1) is 15.2. The zero-order chi connectivity index (χ0) is 21.5. The average molecular weight is 450 g/mol. The van der Waals surface area contributed by atoms with Crippen LogP contribution in [0.5, 0.6) is 5.75 Å². The SMILES string of the molecule is O=C(CSc1nnc(COc2ccc(Cl)cc2)n1Cc1ccccc1)c1ccccc1. The first-order valence-corrected chi connectivity index (χ1v) is 11.1. The number of hydrogen-bond donors (Lipinski definition) is 0. The maximum absolute atomic E-state index is 12.5. The number of rotatable bonds is 9. The third kappa shape index (κ3) is 5.75. The summed E-state index contributed by atoms with van der Waals surface area (Å²) < 4.78 is 7.87. The smallest absolute Gasteiger partial charge is 0.192 e. The lowest BCUT2D eigenvalue weighted by atomic mass is 10.2. The van der Waals surface area contributed by atoms with E-state index in [1.54, 1.807) is 12.1 Å². The van der Waals surface area contributed by atoms with E-state index in [2.05, 4.69) is 10.2 Å². The van der Waals surface area contributed by atoms with E-state index < -0.39 is 0 Å². The molecule has 0 bridgehead atoms. The molecule has 0 saturated carbocycles. The van der Waals surface area contributed by atoms with Gasteiger partial charge in [0.2, 0.25) is 0 Å². The maximum atomic E-state index is 12.5. The fraction of sp³-hybridized carbons (Fsp3) is 0.125. The zero-order valence-electron chi connectivity index (χ0n) is 16.6. The summed E-state index contributed by atoms with van der Waals surface area (Å²) in [5.74, 6) is 1.73. The first-order valence-electron chi connectivity index (χ1n) is 9.74. The van der Waals surface area contributed by atoms with Gasteiger partial charge in [-0.3, -0.25) is 9.36 Å². The Morgan fingerprint density at radius 2 is 1.58 bits per heavy atom. The zero-order valence-corrected chi connectivity index (χ0v) is 18.2. The van der Waals surface area contributed by atoms with Crippen molar-refractivity contribution >= 4 is 29.1 Å². The summed E-state index contributed by atoms with van der Waals surface area (Å²) in [6.07, 6.45) is 0. The molecule has 3 aromatic carbocycles. The van der Waals surface area contributed by atoms with Crippen LogP contribution in [0.15, 0.2) is 90.1 Å². The van der Waals surface area contributed by atoms with Crippen LogP contribution in [0, 0.1) is 0 Å². The fourth-order valence-corrected chi connectivity index (χ4v) is 3.95. The van der Waals surface area contributed by atoms with E-state index in [0.717, 1.165) is 5.56 Å². The van der Waals surface area contributed by atoms with E-state index in [4.69, 9.17) is 16.3 Å². The molecule has 156 valence electrons. The molecule has 0 aliphatic carbocycles. The normalized spacial score (nSPS) is 10.7. The Balaban J connectivity index is 1.51. The molecular weight excluding hydrogens is 430 g/mol. The predicted octanol–water partition coefficient (Wildman–Crippen LogP) is 5.53. The molecule has 0 unspecified atom stereocenters. The summed E-state index contributed by atoms with van der Waals surface area (Å²) in [5.41, 5.74) is 1.81. The van der Waals surface area contributed by atoms with Gasteiger partial charge in [-0.2, -0.15) is 0 Å². The van der Waals surface area contributed by atoms with Crippen molar-refractivity contribution in [3.05, 3.63) is 107 Å². The highest BCUT2D eigenvalue weighted by Crippen LogP contribution is 2.22. The van der Waals surface area contributed by atoms with Gasteiger partial charge in [-0.1, -0.05) is 84.0 Å². The van der Waals surface area contributed by atoms with Crippen molar-refractivity contribution in [2.75, 3.05) is 5.75 Å². The lowest BCUT2D eigenvalue weighted by Gasteiger charge is -2.11. The molecule has 0 radical (unpaired) electrons. The quantitative estimate of drug-likeness (QED) is 0.248. The van der Waals surface area contributed by atoms with Gasteiger partial charge in [0.05, 0.1) is 12.3 Å². The molecule has 0 aliphatic rings. The van der Waals surface area contributed by atoms with Gasteiger partial charge in [0, 0.05) is 10.6 Å². The minimum atomic E-state index is 0.0545. The highest BCUT2D eigenvalue weighted by molar-refractivity contribution is 7.99. The van der Waals surface area contributed by atoms with E-state index in [9.17, 15) is 4.79 Å². The number of aromatic nitrogens is 3. The minimum Gasteiger partial charge on any atom is -0.486 e. The van der Waals surface area contributed by atoms with Crippen molar-refractivity contribution in [3.8, 4) is 5.75 Å². The number of thioether (sulfide) groups is 1. The van der Waals surface area contributed by atoms with E-state index in [1.807, 2.05) is 77.4 Å². The third-order valence-corrected chi connectivity index (χ3v) is 5.81. The van der Waals surface area contributed by atoms with Gasteiger partial charge in [0.1, 0.15) is 12.4 Å². The van der Waals surface area contributed by atoms with Gasteiger partial charge in [0.15, 0.2) is 16.8 Å². The molecule has 31 heavy (non-hydrogen) atoms. The van der Waals surface area contributed by atoms with Gasteiger partial charge in [0.25, 0.3) is 0 Å². The molecule has 0 spiro atoms. The number of nitrogens with zero attached hydrogens (tertiary/aromatic N) is 3. The van der Waals surface area contributed by atoms with Gasteiger partial charge in [-0.15, -0.1) is 10.2 Å². The Morgan fingerprint density at radius 1 is 0.903 bits per heavy atom. The van der Waals surface area contributed by atoms with Crippen molar-refractivity contribution in [3.63, 3.8) is 0 Å². The summed E-state index contributed by atoms with van der Waals surface area (Å²) in [7, 11) is 0. The molecule has 0 N–H and O–H groups in total. The molecule has 5 nitrogen and oxygen atoms in total. The maximum Gasteiger partial charge on any atom is 0.192 e. The number of hydrogen-bond acceptors (Lipinski definition) is 5. The van der Waals surface area contributed by atoms with E-state index >= 15 is 0 Å². The number of ether oxygens (including phenoxy) is 1. The van der Waals surface area contributed by atoms with Crippen LogP contribution in [0.2, 0.25) is 5.02 Å². The second-order valence-corrected chi connectivity index (χ2v) is 8.17. The number of carbonyl (C=O) groups excluding carboxylic acids is 1. The standard InChI is InChI=1S/C24H20ClN3O2S/c25-20-11-13-21(14-12-20)30-16-23-26-27-24(28(23)15-18-7-3-1-4-8-18)31-17-22(29)19-9-5-2-6-10-19/h1-14H,15-17H2. The van der Waals surface area contributed by atoms with Gasteiger partial charge in [-0.25, -0.2) is 0 Å². The molecule has 4 rings (SSSR count). The molecule has 0 fully saturated rings. The van der Waals surface area contributed by atoms with Crippen LogP contribution in [0.25, 0.3) is 0 Å². The Hall–Kier alpha value is -3.09. The molecule has 1 aromatic heterocycles. The number of benzene rings is 3. The predicted molar refractivity (Wildman–Crippen MR) is 123 cm³/mol. The number of Topliss-reactive ketones (excluding diaryl/α,β-unsaturated/α-hetero) is 1. The van der Waals surface area contributed by atoms with Crippen LogP contribution in [0.3, 0.4) is 0 Å². The first kappa shape index (κ1) is 21.2.